The van der Waals surface area contributed by atoms with E-state index in [0.29, 0.717) is 5.56 Å². The van der Waals surface area contributed by atoms with Gasteiger partial charge >= 0.3 is 5.97 Å². The molecule has 100 valence electrons. The summed E-state index contributed by atoms with van der Waals surface area (Å²) >= 11 is 3.37. The molecular formula is C14H14BrNO3. The number of H-pyrrole nitrogens is 1. The summed E-state index contributed by atoms with van der Waals surface area (Å²) in [7, 11) is 0. The number of nitrogens with one attached hydrogen (secondary N) is 1. The van der Waals surface area contributed by atoms with E-state index in [9.17, 15) is 9.59 Å². The van der Waals surface area contributed by atoms with E-state index >= 15 is 0 Å². The lowest BCUT2D eigenvalue weighted by molar-refractivity contribution is -0.142. The first-order valence-electron chi connectivity index (χ1n) is 5.95. The predicted molar refractivity (Wildman–Crippen MR) is 76.3 cm³/mol. The number of carbonyl (C=O) groups is 2. The number of ketones is 1. The molecule has 1 aromatic carbocycles. The van der Waals surface area contributed by atoms with E-state index in [0.717, 1.165) is 15.4 Å². The van der Waals surface area contributed by atoms with Crippen LogP contribution in [-0.4, -0.2) is 21.8 Å². The van der Waals surface area contributed by atoms with Gasteiger partial charge in [0, 0.05) is 33.1 Å². The molecule has 0 aliphatic rings. The first-order chi connectivity index (χ1) is 8.91. The minimum atomic E-state index is -0.957. The fourth-order valence-electron chi connectivity index (χ4n) is 1.98. The standard InChI is InChI=1S/C14H14BrNO3/c1-7(8(2)14(18)19)13(17)11-6-16-12-4-3-9(15)5-10(11)12/h3-8,16H,1-2H3,(H,18,19). The molecule has 0 aliphatic carbocycles. The van der Waals surface area contributed by atoms with Gasteiger partial charge in [-0.1, -0.05) is 29.8 Å². The average molecular weight is 324 g/mol. The fourth-order valence-corrected chi connectivity index (χ4v) is 2.34. The molecule has 0 fully saturated rings. The maximum atomic E-state index is 12.4. The molecule has 0 bridgehead atoms. The highest BCUT2D eigenvalue weighted by Crippen LogP contribution is 2.26. The molecule has 2 rings (SSSR count). The van der Waals surface area contributed by atoms with Crippen molar-refractivity contribution in [2.24, 2.45) is 11.8 Å². The molecular weight excluding hydrogens is 310 g/mol. The van der Waals surface area contributed by atoms with Crippen LogP contribution in [0.1, 0.15) is 24.2 Å². The van der Waals surface area contributed by atoms with Gasteiger partial charge in [0.25, 0.3) is 0 Å². The maximum absolute atomic E-state index is 12.4. The molecule has 0 saturated carbocycles. The van der Waals surface area contributed by atoms with E-state index in [1.807, 2.05) is 18.2 Å². The Bertz CT molecular complexity index is 647. The first-order valence-corrected chi connectivity index (χ1v) is 6.74. The van der Waals surface area contributed by atoms with Crippen LogP contribution in [0.5, 0.6) is 0 Å². The lowest BCUT2D eigenvalue weighted by Gasteiger charge is -2.14. The van der Waals surface area contributed by atoms with E-state index in [-0.39, 0.29) is 5.78 Å². The van der Waals surface area contributed by atoms with Gasteiger partial charge in [-0.25, -0.2) is 0 Å². The van der Waals surface area contributed by atoms with Crippen molar-refractivity contribution in [1.29, 1.82) is 0 Å². The van der Waals surface area contributed by atoms with Crippen LogP contribution in [0.3, 0.4) is 0 Å². The number of hydrogen-bond acceptors (Lipinski definition) is 2. The van der Waals surface area contributed by atoms with E-state index in [4.69, 9.17) is 5.11 Å². The number of aromatic amines is 1. The molecule has 0 aliphatic heterocycles. The SMILES string of the molecule is CC(C(=O)O)C(C)C(=O)c1c[nH]c2ccc(Br)cc12. The van der Waals surface area contributed by atoms with Crippen LogP contribution >= 0.6 is 15.9 Å². The summed E-state index contributed by atoms with van der Waals surface area (Å²) in [6.45, 7) is 3.20. The van der Waals surface area contributed by atoms with Gasteiger partial charge < -0.3 is 10.1 Å². The Morgan fingerprint density at radius 2 is 1.95 bits per heavy atom. The van der Waals surface area contributed by atoms with Crippen molar-refractivity contribution in [2.45, 2.75) is 13.8 Å². The normalized spacial score (nSPS) is 14.3. The number of benzene rings is 1. The van der Waals surface area contributed by atoms with Gasteiger partial charge in [-0.15, -0.1) is 0 Å². The average Bonchev–Trinajstić information content (AvgIpc) is 2.78. The molecule has 2 unspecified atom stereocenters. The van der Waals surface area contributed by atoms with Crippen molar-refractivity contribution in [3.05, 3.63) is 34.4 Å². The molecule has 19 heavy (non-hydrogen) atoms. The number of Topliss-reactive ketones (excluding diaryl/α,β-unsaturated/α-hetero) is 1. The zero-order valence-corrected chi connectivity index (χ0v) is 12.2. The Labute approximate surface area is 118 Å². The molecule has 1 aromatic heterocycles. The second-order valence-corrected chi connectivity index (χ2v) is 5.59. The predicted octanol–water partition coefficient (Wildman–Crippen LogP) is 3.47. The van der Waals surface area contributed by atoms with Crippen molar-refractivity contribution in [3.8, 4) is 0 Å². The van der Waals surface area contributed by atoms with E-state index in [2.05, 4.69) is 20.9 Å². The lowest BCUT2D eigenvalue weighted by Crippen LogP contribution is -2.25. The van der Waals surface area contributed by atoms with E-state index in [1.165, 1.54) is 0 Å². The third kappa shape index (κ3) is 2.56. The minimum Gasteiger partial charge on any atom is -0.481 e. The fraction of sp³-hybridized carbons (Fsp3) is 0.286. The summed E-state index contributed by atoms with van der Waals surface area (Å²) < 4.78 is 0.882. The highest BCUT2D eigenvalue weighted by atomic mass is 79.9. The van der Waals surface area contributed by atoms with Gasteiger partial charge in [-0.2, -0.15) is 0 Å². The molecule has 0 radical (unpaired) electrons. The Hall–Kier alpha value is -1.62. The first kappa shape index (κ1) is 13.8. The van der Waals surface area contributed by atoms with Crippen molar-refractivity contribution in [1.82, 2.24) is 4.98 Å². The smallest absolute Gasteiger partial charge is 0.306 e. The summed E-state index contributed by atoms with van der Waals surface area (Å²) in [6, 6.07) is 5.62. The van der Waals surface area contributed by atoms with Gasteiger partial charge in [0.1, 0.15) is 0 Å². The van der Waals surface area contributed by atoms with Gasteiger partial charge in [-0.3, -0.25) is 9.59 Å². The minimum absolute atomic E-state index is 0.153. The molecule has 0 amide bonds. The monoisotopic (exact) mass is 323 g/mol. The van der Waals surface area contributed by atoms with Crippen LogP contribution in [-0.2, 0) is 4.79 Å². The summed E-state index contributed by atoms with van der Waals surface area (Å²) in [5, 5.41) is 9.80. The third-order valence-corrected chi connectivity index (χ3v) is 3.96. The number of fused-ring (bicyclic) bond motifs is 1. The second kappa shape index (κ2) is 5.17. The Kier molecular flexibility index (Phi) is 3.75. The third-order valence-electron chi connectivity index (χ3n) is 3.46. The van der Waals surface area contributed by atoms with Gasteiger partial charge in [-0.05, 0) is 18.2 Å². The summed E-state index contributed by atoms with van der Waals surface area (Å²) in [5.74, 6) is -2.37. The zero-order chi connectivity index (χ0) is 14.2. The molecule has 2 aromatic rings. The van der Waals surface area contributed by atoms with Crippen molar-refractivity contribution in [2.75, 3.05) is 0 Å². The highest BCUT2D eigenvalue weighted by Gasteiger charge is 2.28. The van der Waals surface area contributed by atoms with Crippen LogP contribution in [0.4, 0.5) is 0 Å². The van der Waals surface area contributed by atoms with Crippen molar-refractivity contribution < 1.29 is 14.7 Å². The van der Waals surface area contributed by atoms with Gasteiger partial charge in [0.15, 0.2) is 5.78 Å². The zero-order valence-electron chi connectivity index (χ0n) is 10.6. The largest absolute Gasteiger partial charge is 0.481 e. The molecule has 2 atom stereocenters. The number of carboxylic acids is 1. The summed E-state index contributed by atoms with van der Waals surface area (Å²) in [6.07, 6.45) is 1.64. The number of aliphatic carboxylic acids is 1. The van der Waals surface area contributed by atoms with Gasteiger partial charge in [0.2, 0.25) is 0 Å². The number of aromatic nitrogens is 1. The van der Waals surface area contributed by atoms with Crippen molar-refractivity contribution in [3.63, 3.8) is 0 Å². The van der Waals surface area contributed by atoms with Crippen LogP contribution in [0, 0.1) is 11.8 Å². The van der Waals surface area contributed by atoms with Crippen LogP contribution in [0.15, 0.2) is 28.9 Å². The molecule has 4 nitrogen and oxygen atoms in total. The van der Waals surface area contributed by atoms with Crippen molar-refractivity contribution >= 4 is 38.6 Å². The lowest BCUT2D eigenvalue weighted by atomic mass is 9.88. The number of hydrogen-bond donors (Lipinski definition) is 2. The van der Waals surface area contributed by atoms with Gasteiger partial charge in [0.05, 0.1) is 5.92 Å². The Balaban J connectivity index is 2.41. The van der Waals surface area contributed by atoms with Crippen LogP contribution in [0.2, 0.25) is 0 Å². The Morgan fingerprint density at radius 3 is 2.58 bits per heavy atom. The number of carbonyl (C=O) groups excluding carboxylic acids is 1. The topological polar surface area (TPSA) is 70.2 Å². The molecule has 1 heterocycles. The number of carboxylic acid groups (broad SMARTS) is 1. The molecule has 0 saturated heterocycles. The summed E-state index contributed by atoms with van der Waals surface area (Å²) in [4.78, 5) is 26.4. The second-order valence-electron chi connectivity index (χ2n) is 4.67. The van der Waals surface area contributed by atoms with Crippen LogP contribution < -0.4 is 0 Å². The molecule has 2 N–H and O–H groups in total. The molecule has 0 spiro atoms. The van der Waals surface area contributed by atoms with Crippen LogP contribution in [0.25, 0.3) is 10.9 Å². The Morgan fingerprint density at radius 1 is 1.26 bits per heavy atom. The highest BCUT2D eigenvalue weighted by molar-refractivity contribution is 9.10. The molecule has 5 heteroatoms. The quantitative estimate of drug-likeness (QED) is 0.846. The maximum Gasteiger partial charge on any atom is 0.306 e. The van der Waals surface area contributed by atoms with E-state index < -0.39 is 17.8 Å². The summed E-state index contributed by atoms with van der Waals surface area (Å²) in [5.41, 5.74) is 1.40. The number of halogens is 1. The van der Waals surface area contributed by atoms with E-state index in [1.54, 1.807) is 20.0 Å². The number of rotatable bonds is 4.